The van der Waals surface area contributed by atoms with Gasteiger partial charge >= 0.3 is 0 Å². The van der Waals surface area contributed by atoms with Gasteiger partial charge in [0.25, 0.3) is 0 Å². The highest BCUT2D eigenvalue weighted by molar-refractivity contribution is 9.10. The molecule has 0 radical (unpaired) electrons. The molecule has 0 aliphatic carbocycles. The molecule has 0 atom stereocenters. The first-order valence-corrected chi connectivity index (χ1v) is 6.63. The minimum absolute atomic E-state index is 0.0285. The number of carbonyl (C=O) groups excluding carboxylic acids is 1. The number of carbonyl (C=O) groups is 1. The van der Waals surface area contributed by atoms with Gasteiger partial charge in [0.15, 0.2) is 0 Å². The Bertz CT molecular complexity index is 436. The van der Waals surface area contributed by atoms with Crippen molar-refractivity contribution in [2.24, 2.45) is 0 Å². The molecule has 5 heteroatoms. The van der Waals surface area contributed by atoms with Crippen molar-refractivity contribution < 1.29 is 4.79 Å². The third kappa shape index (κ3) is 2.22. The topological polar surface area (TPSA) is 20.3 Å². The number of rotatable bonds is 1. The average Bonchev–Trinajstić information content (AvgIpc) is 2.32. The second-order valence-electron chi connectivity index (χ2n) is 3.69. The largest absolute Gasteiger partial charge is 0.337 e. The zero-order chi connectivity index (χ0) is 11.7. The molecule has 0 unspecified atom stereocenters. The summed E-state index contributed by atoms with van der Waals surface area (Å²) in [7, 11) is 0. The Morgan fingerprint density at radius 3 is 2.88 bits per heavy atom. The van der Waals surface area contributed by atoms with Gasteiger partial charge in [-0.2, -0.15) is 0 Å². The lowest BCUT2D eigenvalue weighted by Crippen LogP contribution is -2.37. The lowest BCUT2D eigenvalue weighted by atomic mass is 10.00. The van der Waals surface area contributed by atoms with Gasteiger partial charge in [0.05, 0.1) is 0 Å². The highest BCUT2D eigenvalue weighted by Gasteiger charge is 2.23. The molecular weight excluding hydrogens is 313 g/mol. The number of hydrogen-bond acceptors (Lipinski definition) is 1. The van der Waals surface area contributed by atoms with Crippen molar-refractivity contribution in [3.8, 4) is 0 Å². The monoisotopic (exact) mass is 321 g/mol. The molecule has 0 saturated carbocycles. The van der Waals surface area contributed by atoms with Crippen LogP contribution in [0, 0.1) is 0 Å². The predicted octanol–water partition coefficient (Wildman–Crippen LogP) is 3.23. The normalized spacial score (nSPS) is 14.8. The molecule has 1 aromatic carbocycles. The Kier molecular flexibility index (Phi) is 3.77. The third-order valence-corrected chi connectivity index (χ3v) is 4.09. The molecule has 0 bridgehead atoms. The van der Waals surface area contributed by atoms with Crippen LogP contribution in [0.1, 0.15) is 11.1 Å². The van der Waals surface area contributed by atoms with E-state index in [0.29, 0.717) is 13.1 Å². The SMILES string of the molecule is O=C(CCl)N1CCc2c(Cl)ccc(Br)c2C1. The van der Waals surface area contributed by atoms with Crippen molar-refractivity contribution in [1.82, 2.24) is 4.90 Å². The summed E-state index contributed by atoms with van der Waals surface area (Å²) >= 11 is 15.2. The van der Waals surface area contributed by atoms with Gasteiger partial charge in [0.1, 0.15) is 5.88 Å². The minimum Gasteiger partial charge on any atom is -0.337 e. The summed E-state index contributed by atoms with van der Waals surface area (Å²) in [4.78, 5) is 13.3. The molecule has 16 heavy (non-hydrogen) atoms. The van der Waals surface area contributed by atoms with E-state index >= 15 is 0 Å². The number of alkyl halides is 1. The summed E-state index contributed by atoms with van der Waals surface area (Å²) in [5.41, 5.74) is 2.23. The average molecular weight is 323 g/mol. The summed E-state index contributed by atoms with van der Waals surface area (Å²) in [5.74, 6) is 0.00671. The van der Waals surface area contributed by atoms with Crippen molar-refractivity contribution in [2.75, 3.05) is 12.4 Å². The molecule has 1 aliphatic rings. The second kappa shape index (κ2) is 4.94. The van der Waals surface area contributed by atoms with Crippen LogP contribution >= 0.6 is 39.1 Å². The van der Waals surface area contributed by atoms with Crippen molar-refractivity contribution in [2.45, 2.75) is 13.0 Å². The molecule has 0 N–H and O–H groups in total. The Morgan fingerprint density at radius 2 is 2.19 bits per heavy atom. The molecule has 0 aromatic heterocycles. The standard InChI is InChI=1S/C11H10BrCl2NO/c12-9-1-2-10(14)7-3-4-15(6-8(7)9)11(16)5-13/h1-2H,3-6H2. The zero-order valence-corrected chi connectivity index (χ0v) is 11.6. The zero-order valence-electron chi connectivity index (χ0n) is 8.47. The van der Waals surface area contributed by atoms with Gasteiger partial charge < -0.3 is 4.90 Å². The fourth-order valence-corrected chi connectivity index (χ4v) is 2.83. The maximum absolute atomic E-state index is 11.5. The Hall–Kier alpha value is -0.250. The summed E-state index contributed by atoms with van der Waals surface area (Å²) in [5, 5.41) is 0.774. The number of benzene rings is 1. The van der Waals surface area contributed by atoms with Gasteiger partial charge in [-0.1, -0.05) is 27.5 Å². The fourth-order valence-electron chi connectivity index (χ4n) is 1.89. The van der Waals surface area contributed by atoms with Crippen LogP contribution in [0.5, 0.6) is 0 Å². The molecule has 1 heterocycles. The minimum atomic E-state index is -0.0285. The summed E-state index contributed by atoms with van der Waals surface area (Å²) in [6, 6.07) is 3.79. The highest BCUT2D eigenvalue weighted by atomic mass is 79.9. The van der Waals surface area contributed by atoms with Crippen molar-refractivity contribution in [1.29, 1.82) is 0 Å². The third-order valence-electron chi connectivity index (χ3n) is 2.76. The molecule has 2 rings (SSSR count). The van der Waals surface area contributed by atoms with Crippen LogP contribution in [0.4, 0.5) is 0 Å². The Balaban J connectivity index is 2.33. The van der Waals surface area contributed by atoms with Crippen LogP contribution in [-0.4, -0.2) is 23.2 Å². The van der Waals surface area contributed by atoms with Crippen LogP contribution in [0.2, 0.25) is 5.02 Å². The van der Waals surface area contributed by atoms with E-state index in [1.807, 2.05) is 12.1 Å². The number of amides is 1. The number of halogens is 3. The van der Waals surface area contributed by atoms with Gasteiger partial charge in [0.2, 0.25) is 5.91 Å². The highest BCUT2D eigenvalue weighted by Crippen LogP contribution is 2.31. The first kappa shape index (κ1) is 12.2. The summed E-state index contributed by atoms with van der Waals surface area (Å²) < 4.78 is 0.999. The lowest BCUT2D eigenvalue weighted by molar-refractivity contribution is -0.129. The van der Waals surface area contributed by atoms with Gasteiger partial charge in [-0.25, -0.2) is 0 Å². The Labute approximate surface area is 113 Å². The molecule has 1 amide bonds. The lowest BCUT2D eigenvalue weighted by Gasteiger charge is -2.29. The fraction of sp³-hybridized carbons (Fsp3) is 0.364. The van der Waals surface area contributed by atoms with E-state index in [4.69, 9.17) is 23.2 Å². The maximum Gasteiger partial charge on any atom is 0.237 e. The summed E-state index contributed by atoms with van der Waals surface area (Å²) in [6.07, 6.45) is 0.788. The molecule has 2 nitrogen and oxygen atoms in total. The quantitative estimate of drug-likeness (QED) is 0.727. The molecule has 0 fully saturated rings. The van der Waals surface area contributed by atoms with Gasteiger partial charge in [-0.05, 0) is 29.7 Å². The van der Waals surface area contributed by atoms with Crippen LogP contribution < -0.4 is 0 Å². The van der Waals surface area contributed by atoms with E-state index in [1.54, 1.807) is 4.90 Å². The molecule has 0 spiro atoms. The molecule has 86 valence electrons. The van der Waals surface area contributed by atoms with Crippen molar-refractivity contribution >= 4 is 45.0 Å². The van der Waals surface area contributed by atoms with E-state index in [1.165, 1.54) is 0 Å². The van der Waals surface area contributed by atoms with Crippen LogP contribution in [0.15, 0.2) is 16.6 Å². The number of fused-ring (bicyclic) bond motifs is 1. The van der Waals surface area contributed by atoms with E-state index in [2.05, 4.69) is 15.9 Å². The van der Waals surface area contributed by atoms with E-state index in [9.17, 15) is 4.79 Å². The Morgan fingerprint density at radius 1 is 1.44 bits per heavy atom. The molecule has 1 aliphatic heterocycles. The second-order valence-corrected chi connectivity index (χ2v) is 5.21. The smallest absolute Gasteiger partial charge is 0.237 e. The summed E-state index contributed by atoms with van der Waals surface area (Å²) in [6.45, 7) is 1.27. The van der Waals surface area contributed by atoms with Gasteiger partial charge in [0, 0.05) is 22.6 Å². The van der Waals surface area contributed by atoms with Gasteiger partial charge in [-0.15, -0.1) is 11.6 Å². The van der Waals surface area contributed by atoms with E-state index in [0.717, 1.165) is 27.0 Å². The van der Waals surface area contributed by atoms with Crippen LogP contribution in [-0.2, 0) is 17.8 Å². The molecule has 0 saturated heterocycles. The molecular formula is C11H10BrCl2NO. The maximum atomic E-state index is 11.5. The first-order valence-electron chi connectivity index (χ1n) is 4.93. The first-order chi connectivity index (χ1) is 7.63. The number of nitrogens with zero attached hydrogens (tertiary/aromatic N) is 1. The predicted molar refractivity (Wildman–Crippen MR) is 69.0 cm³/mol. The van der Waals surface area contributed by atoms with Crippen LogP contribution in [0.3, 0.4) is 0 Å². The van der Waals surface area contributed by atoms with Crippen molar-refractivity contribution in [3.05, 3.63) is 32.8 Å². The van der Waals surface area contributed by atoms with Crippen LogP contribution in [0.25, 0.3) is 0 Å². The van der Waals surface area contributed by atoms with E-state index < -0.39 is 0 Å². The van der Waals surface area contributed by atoms with Gasteiger partial charge in [-0.3, -0.25) is 4.79 Å². The molecule has 1 aromatic rings. The van der Waals surface area contributed by atoms with E-state index in [-0.39, 0.29) is 11.8 Å². The number of hydrogen-bond donors (Lipinski definition) is 0. The van der Waals surface area contributed by atoms with Crippen molar-refractivity contribution in [3.63, 3.8) is 0 Å².